The van der Waals surface area contributed by atoms with E-state index in [2.05, 4.69) is 6.58 Å². The number of carboxylic acid groups (broad SMARTS) is 1. The normalized spacial score (nSPS) is 10.2. The van der Waals surface area contributed by atoms with Gasteiger partial charge in [0.05, 0.1) is 0 Å². The second kappa shape index (κ2) is 5.65. The van der Waals surface area contributed by atoms with Crippen LogP contribution >= 0.6 is 0 Å². The average Bonchev–Trinajstić information content (AvgIpc) is 2.28. The fourth-order valence-electron chi connectivity index (χ4n) is 1.01. The maximum atomic E-state index is 11.2. The predicted molar refractivity (Wildman–Crippen MR) is 63.6 cm³/mol. The van der Waals surface area contributed by atoms with Crippen molar-refractivity contribution in [3.8, 4) is 5.75 Å². The zero-order chi connectivity index (χ0) is 12.8. The van der Waals surface area contributed by atoms with E-state index >= 15 is 0 Å². The molecule has 0 spiro atoms. The van der Waals surface area contributed by atoms with E-state index in [1.165, 1.54) is 6.08 Å². The van der Waals surface area contributed by atoms with Crippen molar-refractivity contribution in [1.82, 2.24) is 0 Å². The summed E-state index contributed by atoms with van der Waals surface area (Å²) in [6, 6.07) is 6.48. The van der Waals surface area contributed by atoms with Crippen LogP contribution in [0.1, 0.15) is 12.5 Å². The first-order valence-corrected chi connectivity index (χ1v) is 4.88. The van der Waals surface area contributed by atoms with Crippen molar-refractivity contribution in [1.29, 1.82) is 0 Å². The Balaban J connectivity index is 2.71. The standard InChI is InChI=1S/C13H12O4/c1-9(2)13(16)17-11-6-3-10(4-7-11)5-8-12(14)15/h3-8H,1H2,2H3,(H,14,15)/b8-5+. The summed E-state index contributed by atoms with van der Waals surface area (Å²) in [7, 11) is 0. The van der Waals surface area contributed by atoms with Crippen LogP contribution in [0.25, 0.3) is 6.08 Å². The van der Waals surface area contributed by atoms with Gasteiger partial charge in [0.25, 0.3) is 0 Å². The maximum Gasteiger partial charge on any atom is 0.338 e. The Hall–Kier alpha value is -2.36. The summed E-state index contributed by atoms with van der Waals surface area (Å²) >= 11 is 0. The van der Waals surface area contributed by atoms with Crippen LogP contribution in [-0.2, 0) is 9.59 Å². The van der Waals surface area contributed by atoms with E-state index in [-0.39, 0.29) is 0 Å². The lowest BCUT2D eigenvalue weighted by Crippen LogP contribution is -2.07. The third-order valence-electron chi connectivity index (χ3n) is 1.86. The highest BCUT2D eigenvalue weighted by Crippen LogP contribution is 2.14. The summed E-state index contributed by atoms with van der Waals surface area (Å²) in [6.45, 7) is 5.03. The number of carbonyl (C=O) groups is 2. The molecule has 0 radical (unpaired) electrons. The molecule has 0 saturated carbocycles. The summed E-state index contributed by atoms with van der Waals surface area (Å²) in [5, 5.41) is 8.44. The second-order valence-corrected chi connectivity index (χ2v) is 3.41. The number of rotatable bonds is 4. The third-order valence-corrected chi connectivity index (χ3v) is 1.86. The van der Waals surface area contributed by atoms with Crippen LogP contribution in [0.5, 0.6) is 5.75 Å². The second-order valence-electron chi connectivity index (χ2n) is 3.41. The molecule has 4 nitrogen and oxygen atoms in total. The van der Waals surface area contributed by atoms with Gasteiger partial charge in [-0.25, -0.2) is 9.59 Å². The molecule has 0 saturated heterocycles. The van der Waals surface area contributed by atoms with Crippen LogP contribution in [0.3, 0.4) is 0 Å². The molecule has 1 rings (SSSR count). The predicted octanol–water partition coefficient (Wildman–Crippen LogP) is 2.27. The van der Waals surface area contributed by atoms with Crippen molar-refractivity contribution in [3.05, 3.63) is 48.1 Å². The van der Waals surface area contributed by atoms with Crippen molar-refractivity contribution < 1.29 is 19.4 Å². The van der Waals surface area contributed by atoms with Crippen LogP contribution in [0, 0.1) is 0 Å². The molecule has 0 aliphatic heterocycles. The number of aliphatic carboxylic acids is 1. The van der Waals surface area contributed by atoms with Crippen molar-refractivity contribution in [2.75, 3.05) is 0 Å². The summed E-state index contributed by atoms with van der Waals surface area (Å²) in [6.07, 6.45) is 2.49. The van der Waals surface area contributed by atoms with Gasteiger partial charge >= 0.3 is 11.9 Å². The Morgan fingerprint density at radius 1 is 1.29 bits per heavy atom. The van der Waals surface area contributed by atoms with Gasteiger partial charge in [0.1, 0.15) is 5.75 Å². The monoisotopic (exact) mass is 232 g/mol. The van der Waals surface area contributed by atoms with Gasteiger partial charge in [-0.3, -0.25) is 0 Å². The van der Waals surface area contributed by atoms with Crippen LogP contribution in [-0.4, -0.2) is 17.0 Å². The van der Waals surface area contributed by atoms with Crippen LogP contribution in [0.2, 0.25) is 0 Å². The molecule has 1 N–H and O–H groups in total. The summed E-state index contributed by atoms with van der Waals surface area (Å²) in [5.41, 5.74) is 1.03. The lowest BCUT2D eigenvalue weighted by Gasteiger charge is -2.03. The Morgan fingerprint density at radius 3 is 2.35 bits per heavy atom. The lowest BCUT2D eigenvalue weighted by molar-refractivity contribution is -0.131. The van der Waals surface area contributed by atoms with E-state index in [4.69, 9.17) is 9.84 Å². The number of carboxylic acids is 1. The van der Waals surface area contributed by atoms with Gasteiger partial charge in [0.15, 0.2) is 0 Å². The van der Waals surface area contributed by atoms with Crippen LogP contribution < -0.4 is 4.74 Å². The Morgan fingerprint density at radius 2 is 1.88 bits per heavy atom. The van der Waals surface area contributed by atoms with Crippen molar-refractivity contribution >= 4 is 18.0 Å². The van der Waals surface area contributed by atoms with Gasteiger partial charge in [0.2, 0.25) is 0 Å². The molecule has 4 heteroatoms. The van der Waals surface area contributed by atoms with Crippen LogP contribution in [0.15, 0.2) is 42.5 Å². The number of ether oxygens (including phenoxy) is 1. The number of hydrogen-bond acceptors (Lipinski definition) is 3. The van der Waals surface area contributed by atoms with Crippen molar-refractivity contribution in [2.24, 2.45) is 0 Å². The first-order chi connectivity index (χ1) is 7.99. The highest BCUT2D eigenvalue weighted by atomic mass is 16.5. The highest BCUT2D eigenvalue weighted by molar-refractivity contribution is 5.89. The minimum Gasteiger partial charge on any atom is -0.478 e. The Labute approximate surface area is 98.8 Å². The van der Waals surface area contributed by atoms with E-state index < -0.39 is 11.9 Å². The van der Waals surface area contributed by atoms with E-state index in [1.54, 1.807) is 31.2 Å². The smallest absolute Gasteiger partial charge is 0.338 e. The van der Waals surface area contributed by atoms with Gasteiger partial charge in [-0.15, -0.1) is 0 Å². The first kappa shape index (κ1) is 12.7. The molecule has 0 aromatic heterocycles. The zero-order valence-electron chi connectivity index (χ0n) is 9.34. The molecular formula is C13H12O4. The molecule has 1 aromatic rings. The molecule has 0 unspecified atom stereocenters. The minimum atomic E-state index is -1.01. The lowest BCUT2D eigenvalue weighted by atomic mass is 10.2. The van der Waals surface area contributed by atoms with Crippen molar-refractivity contribution in [3.63, 3.8) is 0 Å². The number of benzene rings is 1. The van der Waals surface area contributed by atoms with Gasteiger partial charge in [-0.2, -0.15) is 0 Å². The summed E-state index contributed by atoms with van der Waals surface area (Å²) in [4.78, 5) is 21.5. The molecular weight excluding hydrogens is 220 g/mol. The fourth-order valence-corrected chi connectivity index (χ4v) is 1.01. The molecule has 0 atom stereocenters. The molecule has 1 aromatic carbocycles. The Bertz CT molecular complexity index is 469. The topological polar surface area (TPSA) is 63.6 Å². The van der Waals surface area contributed by atoms with E-state index in [1.807, 2.05) is 0 Å². The molecule has 0 aliphatic rings. The maximum absolute atomic E-state index is 11.2. The number of carbonyl (C=O) groups excluding carboxylic acids is 1. The van der Waals surface area contributed by atoms with Crippen LogP contribution in [0.4, 0.5) is 0 Å². The quantitative estimate of drug-likeness (QED) is 0.491. The van der Waals surface area contributed by atoms with Crippen molar-refractivity contribution in [2.45, 2.75) is 6.92 Å². The summed E-state index contributed by atoms with van der Waals surface area (Å²) in [5.74, 6) is -1.10. The minimum absolute atomic E-state index is 0.319. The van der Waals surface area contributed by atoms with Gasteiger partial charge in [-0.05, 0) is 30.7 Å². The SMILES string of the molecule is C=C(C)C(=O)Oc1ccc(/C=C/C(=O)O)cc1. The molecule has 17 heavy (non-hydrogen) atoms. The zero-order valence-corrected chi connectivity index (χ0v) is 9.34. The fraction of sp³-hybridized carbons (Fsp3) is 0.0769. The molecule has 0 bridgehead atoms. The third kappa shape index (κ3) is 4.34. The highest BCUT2D eigenvalue weighted by Gasteiger charge is 2.04. The number of esters is 1. The van der Waals surface area contributed by atoms with Gasteiger partial charge in [-0.1, -0.05) is 18.7 Å². The van der Waals surface area contributed by atoms with E-state index in [9.17, 15) is 9.59 Å². The summed E-state index contributed by atoms with van der Waals surface area (Å²) < 4.78 is 4.98. The van der Waals surface area contributed by atoms with Gasteiger partial charge < -0.3 is 9.84 Å². The van der Waals surface area contributed by atoms with Gasteiger partial charge in [0, 0.05) is 11.6 Å². The number of hydrogen-bond donors (Lipinski definition) is 1. The molecule has 0 amide bonds. The largest absolute Gasteiger partial charge is 0.478 e. The molecule has 88 valence electrons. The first-order valence-electron chi connectivity index (χ1n) is 4.88. The van der Waals surface area contributed by atoms with E-state index in [0.717, 1.165) is 6.08 Å². The molecule has 0 aliphatic carbocycles. The average molecular weight is 232 g/mol. The molecule has 0 heterocycles. The Kier molecular flexibility index (Phi) is 4.22. The molecule has 0 fully saturated rings. The van der Waals surface area contributed by atoms with E-state index in [0.29, 0.717) is 16.9 Å².